The summed E-state index contributed by atoms with van der Waals surface area (Å²) in [6.45, 7) is 3.20. The van der Waals surface area contributed by atoms with Crippen molar-refractivity contribution in [2.24, 2.45) is 4.99 Å². The molecule has 0 amide bonds. The first-order valence-electron chi connectivity index (χ1n) is 7.44. The van der Waals surface area contributed by atoms with Gasteiger partial charge in [0.1, 0.15) is 0 Å². The zero-order valence-corrected chi connectivity index (χ0v) is 16.1. The number of hydrogen-bond donors (Lipinski definition) is 1. The summed E-state index contributed by atoms with van der Waals surface area (Å²) in [7, 11) is 0. The molecule has 0 unspecified atom stereocenters. The number of rotatable bonds is 3. The number of piperidine rings is 1. The minimum atomic E-state index is -5.05. The number of aromatic nitrogens is 2. The Hall–Kier alpha value is -1.36. The molecule has 1 N–H and O–H groups in total. The Labute approximate surface area is 142 Å². The molecule has 0 bridgehead atoms. The number of nitrogens with zero attached hydrogens (tertiary/aromatic N) is 3. The molecule has 1 aromatic heterocycles. The summed E-state index contributed by atoms with van der Waals surface area (Å²) in [6, 6.07) is 0. The second-order valence-corrected chi connectivity index (χ2v) is 12.2. The first kappa shape index (κ1) is 17.5. The van der Waals surface area contributed by atoms with Gasteiger partial charge in [-0.2, -0.15) is 0 Å². The summed E-state index contributed by atoms with van der Waals surface area (Å²) in [5.41, 5.74) is 0.265. The first-order valence-corrected chi connectivity index (χ1v) is 12.6. The zero-order chi connectivity index (χ0) is 17.3. The molecule has 0 saturated carbocycles. The summed E-state index contributed by atoms with van der Waals surface area (Å²) >= 11 is -3.28. The predicted octanol–water partition coefficient (Wildman–Crippen LogP) is 0.738. The van der Waals surface area contributed by atoms with Gasteiger partial charge in [-0.05, 0) is 0 Å². The molecule has 0 radical (unpaired) electrons. The van der Waals surface area contributed by atoms with E-state index in [1.54, 1.807) is 3.97 Å². The molecule has 1 saturated heterocycles. The van der Waals surface area contributed by atoms with Crippen molar-refractivity contribution in [3.05, 3.63) is 15.1 Å². The predicted molar refractivity (Wildman–Crippen MR) is 77.9 cm³/mol. The molecule has 24 heavy (non-hydrogen) atoms. The molecule has 0 spiro atoms. The Bertz CT molecular complexity index is 695. The van der Waals surface area contributed by atoms with Gasteiger partial charge in [-0.25, -0.2) is 0 Å². The van der Waals surface area contributed by atoms with E-state index in [2.05, 4.69) is 25.2 Å². The number of carbonyl (C=O) groups is 1. The third-order valence-electron chi connectivity index (χ3n) is 3.91. The Morgan fingerprint density at radius 1 is 1.42 bits per heavy atom. The SMILES string of the molecule is CC1=[C](OC(=O)C(F)(F)F)[In]([c]2noc(C3CCNCC3)n2)[CH]=N1. The molecule has 11 heteroatoms. The zero-order valence-electron chi connectivity index (χ0n) is 12.8. The van der Waals surface area contributed by atoms with E-state index in [4.69, 9.17) is 4.52 Å². The normalized spacial score (nSPS) is 19.2. The number of aliphatic imine (C=N–C) groups is 1. The average Bonchev–Trinajstić information content (AvgIpc) is 3.15. The van der Waals surface area contributed by atoms with Gasteiger partial charge in [0.05, 0.1) is 0 Å². The van der Waals surface area contributed by atoms with Crippen LogP contribution in [0.5, 0.6) is 0 Å². The van der Waals surface area contributed by atoms with Gasteiger partial charge in [0.2, 0.25) is 0 Å². The van der Waals surface area contributed by atoms with Crippen molar-refractivity contribution in [2.45, 2.75) is 31.9 Å². The van der Waals surface area contributed by atoms with Crippen LogP contribution in [-0.2, 0) is 9.53 Å². The fourth-order valence-electron chi connectivity index (χ4n) is 2.63. The third-order valence-corrected chi connectivity index (χ3v) is 10.6. The molecular formula is C13H14F3InN4O3. The molecule has 0 aliphatic carbocycles. The maximum absolute atomic E-state index is 12.4. The molecule has 0 aromatic carbocycles. The van der Waals surface area contributed by atoms with Crippen LogP contribution in [0.15, 0.2) is 18.7 Å². The van der Waals surface area contributed by atoms with Crippen molar-refractivity contribution in [1.29, 1.82) is 0 Å². The Morgan fingerprint density at radius 3 is 2.79 bits per heavy atom. The number of hydrogen-bond acceptors (Lipinski definition) is 7. The fraction of sp³-hybridized carbons (Fsp3) is 0.538. The Balaban J connectivity index is 1.77. The third kappa shape index (κ3) is 3.66. The van der Waals surface area contributed by atoms with E-state index in [1.807, 2.05) is 0 Å². The molecule has 0 atom stereocenters. The van der Waals surface area contributed by atoms with Crippen molar-refractivity contribution in [2.75, 3.05) is 13.1 Å². The van der Waals surface area contributed by atoms with Crippen LogP contribution >= 0.6 is 0 Å². The summed E-state index contributed by atoms with van der Waals surface area (Å²) in [6.07, 6.45) is -3.33. The van der Waals surface area contributed by atoms with Crippen molar-refractivity contribution in [3.8, 4) is 0 Å². The minimum absolute atomic E-state index is 0.0169. The number of esters is 1. The second-order valence-electron chi connectivity index (χ2n) is 5.61. The van der Waals surface area contributed by atoms with E-state index in [0.29, 0.717) is 9.47 Å². The van der Waals surface area contributed by atoms with Gasteiger partial charge >= 0.3 is 143 Å². The van der Waals surface area contributed by atoms with Crippen LogP contribution in [0.1, 0.15) is 31.6 Å². The van der Waals surface area contributed by atoms with Crippen LogP contribution in [0, 0.1) is 0 Å². The van der Waals surface area contributed by atoms with E-state index in [-0.39, 0.29) is 15.1 Å². The van der Waals surface area contributed by atoms with Crippen molar-refractivity contribution in [3.63, 3.8) is 0 Å². The monoisotopic (exact) mass is 446 g/mol. The van der Waals surface area contributed by atoms with Gasteiger partial charge in [-0.3, -0.25) is 0 Å². The van der Waals surface area contributed by atoms with Gasteiger partial charge in [0, 0.05) is 0 Å². The summed E-state index contributed by atoms with van der Waals surface area (Å²) in [5, 5.41) is 7.14. The van der Waals surface area contributed by atoms with Crippen LogP contribution in [-0.4, -0.2) is 60.8 Å². The number of allylic oxidation sites excluding steroid dienone is 1. The number of nitrogens with one attached hydrogen (secondary N) is 1. The summed E-state index contributed by atoms with van der Waals surface area (Å²) < 4.78 is 49.0. The van der Waals surface area contributed by atoms with Crippen LogP contribution in [0.25, 0.3) is 0 Å². The number of carbonyl (C=O) groups excluding carboxylic acids is 1. The van der Waals surface area contributed by atoms with E-state index >= 15 is 0 Å². The number of halogens is 3. The van der Waals surface area contributed by atoms with Crippen LogP contribution in [0.2, 0.25) is 0 Å². The molecule has 2 aliphatic heterocycles. The number of alkyl halides is 3. The van der Waals surface area contributed by atoms with E-state index < -0.39 is 33.6 Å². The van der Waals surface area contributed by atoms with Crippen LogP contribution in [0.4, 0.5) is 13.2 Å². The standard InChI is InChI=1S/C7H10N3O.C6H4F3NO2.In/c1-3-8-4-2-6(1)7-9-5-10-11-7;1-4(10-2)3-12-5(11)6(7,8)9;/h6,8H,1-4H2;2H,1H3;. The molecular weight excluding hydrogens is 432 g/mol. The van der Waals surface area contributed by atoms with Gasteiger partial charge in [0.25, 0.3) is 0 Å². The maximum atomic E-state index is 12.4. The van der Waals surface area contributed by atoms with Crippen molar-refractivity contribution >= 4 is 35.0 Å². The summed E-state index contributed by atoms with van der Waals surface area (Å²) in [4.78, 5) is 19.5. The molecule has 3 heterocycles. The molecule has 3 rings (SSSR count). The van der Waals surface area contributed by atoms with Crippen LogP contribution in [0.3, 0.4) is 0 Å². The molecule has 128 valence electrons. The van der Waals surface area contributed by atoms with Crippen molar-refractivity contribution in [1.82, 2.24) is 15.5 Å². The van der Waals surface area contributed by atoms with Gasteiger partial charge in [-0.1, -0.05) is 0 Å². The molecule has 1 aromatic rings. The van der Waals surface area contributed by atoms with Gasteiger partial charge in [-0.15, -0.1) is 0 Å². The van der Waals surface area contributed by atoms with Crippen LogP contribution < -0.4 is 8.90 Å². The van der Waals surface area contributed by atoms with Gasteiger partial charge < -0.3 is 0 Å². The van der Waals surface area contributed by atoms with E-state index in [9.17, 15) is 18.0 Å². The average molecular weight is 446 g/mol. The second kappa shape index (κ2) is 6.87. The molecule has 7 nitrogen and oxygen atoms in total. The molecule has 2 aliphatic rings. The first-order chi connectivity index (χ1) is 11.4. The number of ether oxygens (including phenoxy) is 1. The summed E-state index contributed by atoms with van der Waals surface area (Å²) in [5.74, 6) is -1.61. The van der Waals surface area contributed by atoms with Crippen molar-refractivity contribution < 1.29 is 27.2 Å². The Morgan fingerprint density at radius 2 is 2.12 bits per heavy atom. The quantitative estimate of drug-likeness (QED) is 0.690. The van der Waals surface area contributed by atoms with E-state index in [0.717, 1.165) is 25.9 Å². The fourth-order valence-corrected chi connectivity index (χ4v) is 8.53. The van der Waals surface area contributed by atoms with E-state index in [1.165, 1.54) is 6.92 Å². The van der Waals surface area contributed by atoms with Gasteiger partial charge in [0.15, 0.2) is 0 Å². The molecule has 1 fully saturated rings. The Kier molecular flexibility index (Phi) is 5.00. The topological polar surface area (TPSA) is 89.6 Å².